The Morgan fingerprint density at radius 2 is 2.06 bits per heavy atom. The normalized spacial score (nSPS) is 21.0. The molecule has 0 aromatic heterocycles. The predicted octanol–water partition coefficient (Wildman–Crippen LogP) is 2.47. The van der Waals surface area contributed by atoms with Crippen molar-refractivity contribution < 1.29 is 23.9 Å². The number of hydrogen-bond acceptors (Lipinski definition) is 5. The minimum atomic E-state index is -0.609. The fourth-order valence-corrected chi connectivity index (χ4v) is 4.27. The molecule has 0 bridgehead atoms. The summed E-state index contributed by atoms with van der Waals surface area (Å²) in [4.78, 5) is 51.8. The molecule has 1 aromatic rings. The highest BCUT2D eigenvalue weighted by Gasteiger charge is 2.39. The number of carbonyl (C=O) groups excluding carboxylic acids is 4. The summed E-state index contributed by atoms with van der Waals surface area (Å²) in [6, 6.07) is 5.12. The van der Waals surface area contributed by atoms with Gasteiger partial charge >= 0.3 is 6.09 Å². The van der Waals surface area contributed by atoms with E-state index >= 15 is 0 Å². The minimum Gasteiger partial charge on any atom is -0.449 e. The number of imide groups is 1. The second-order valence-corrected chi connectivity index (χ2v) is 8.17. The van der Waals surface area contributed by atoms with E-state index < -0.39 is 11.9 Å². The lowest BCUT2D eigenvalue weighted by molar-refractivity contribution is -0.136. The second kappa shape index (κ2) is 8.91. The standard InChI is InChI=1S/C23H27N3O5/c1-2-3-12-31-23(30)25-10-8-15(9-11-25)16-4-5-18-17(13-16)14-26(22(18)29)19-6-7-20(27)24-21(19)28/h4-5,8,13,19H,2-3,6-7,9-12,14H2,1H3,(H,24,27,28). The minimum absolute atomic E-state index is 0.172. The summed E-state index contributed by atoms with van der Waals surface area (Å²) in [5.74, 6) is -0.867. The largest absolute Gasteiger partial charge is 0.449 e. The summed E-state index contributed by atoms with van der Waals surface area (Å²) in [6.07, 6.45) is 4.92. The molecule has 1 saturated heterocycles. The van der Waals surface area contributed by atoms with Crippen LogP contribution in [0.15, 0.2) is 24.3 Å². The van der Waals surface area contributed by atoms with Crippen molar-refractivity contribution in [1.29, 1.82) is 0 Å². The molecule has 0 radical (unpaired) electrons. The van der Waals surface area contributed by atoms with Gasteiger partial charge in [0.05, 0.1) is 6.61 Å². The third-order valence-corrected chi connectivity index (χ3v) is 6.09. The van der Waals surface area contributed by atoms with E-state index in [-0.39, 0.29) is 24.3 Å². The Morgan fingerprint density at radius 1 is 1.23 bits per heavy atom. The van der Waals surface area contributed by atoms with Gasteiger partial charge in [-0.25, -0.2) is 4.79 Å². The zero-order valence-corrected chi connectivity index (χ0v) is 17.7. The highest BCUT2D eigenvalue weighted by atomic mass is 16.6. The Kier molecular flexibility index (Phi) is 6.06. The number of unbranched alkanes of at least 4 members (excludes halogenated alkanes) is 1. The first kappa shape index (κ1) is 21.1. The summed E-state index contributed by atoms with van der Waals surface area (Å²) < 4.78 is 5.28. The van der Waals surface area contributed by atoms with E-state index in [9.17, 15) is 19.2 Å². The van der Waals surface area contributed by atoms with E-state index in [0.29, 0.717) is 44.6 Å². The van der Waals surface area contributed by atoms with Gasteiger partial charge in [-0.15, -0.1) is 0 Å². The van der Waals surface area contributed by atoms with Crippen LogP contribution in [-0.4, -0.2) is 59.4 Å². The number of nitrogens with zero attached hydrogens (tertiary/aromatic N) is 2. The number of hydrogen-bond donors (Lipinski definition) is 1. The van der Waals surface area contributed by atoms with Gasteiger partial charge in [0.15, 0.2) is 0 Å². The average molecular weight is 425 g/mol. The quantitative estimate of drug-likeness (QED) is 0.578. The first-order chi connectivity index (χ1) is 15.0. The van der Waals surface area contributed by atoms with Crippen LogP contribution in [0.1, 0.15) is 60.5 Å². The third-order valence-electron chi connectivity index (χ3n) is 6.09. The topological polar surface area (TPSA) is 96.0 Å². The van der Waals surface area contributed by atoms with Gasteiger partial charge in [-0.2, -0.15) is 0 Å². The average Bonchev–Trinajstić information content (AvgIpc) is 3.09. The highest BCUT2D eigenvalue weighted by molar-refractivity contribution is 6.05. The van der Waals surface area contributed by atoms with Crippen LogP contribution in [0, 0.1) is 0 Å². The Balaban J connectivity index is 1.42. The zero-order valence-electron chi connectivity index (χ0n) is 17.7. The second-order valence-electron chi connectivity index (χ2n) is 8.17. The number of piperidine rings is 1. The van der Waals surface area contributed by atoms with Gasteiger partial charge in [0.1, 0.15) is 6.04 Å². The van der Waals surface area contributed by atoms with Crippen LogP contribution in [-0.2, 0) is 20.9 Å². The Morgan fingerprint density at radius 3 is 2.77 bits per heavy atom. The molecule has 3 aliphatic heterocycles. The molecular formula is C23H27N3O5. The summed E-state index contributed by atoms with van der Waals surface area (Å²) in [6.45, 7) is 3.95. The van der Waals surface area contributed by atoms with Crippen molar-refractivity contribution in [2.75, 3.05) is 19.7 Å². The smallest absolute Gasteiger partial charge is 0.410 e. The van der Waals surface area contributed by atoms with Crippen molar-refractivity contribution in [3.8, 4) is 0 Å². The Labute approximate surface area is 181 Å². The van der Waals surface area contributed by atoms with E-state index in [2.05, 4.69) is 12.2 Å². The monoisotopic (exact) mass is 425 g/mol. The molecule has 164 valence electrons. The molecule has 0 spiro atoms. The maximum Gasteiger partial charge on any atom is 0.410 e. The maximum absolute atomic E-state index is 12.8. The molecule has 1 unspecified atom stereocenters. The van der Waals surface area contributed by atoms with Crippen LogP contribution in [0.2, 0.25) is 0 Å². The Hall–Kier alpha value is -3.16. The number of nitrogens with one attached hydrogen (secondary N) is 1. The van der Waals surface area contributed by atoms with E-state index in [1.807, 2.05) is 24.3 Å². The number of benzene rings is 1. The lowest BCUT2D eigenvalue weighted by Crippen LogP contribution is -2.52. The van der Waals surface area contributed by atoms with E-state index in [1.165, 1.54) is 0 Å². The van der Waals surface area contributed by atoms with Gasteiger partial charge in [0.25, 0.3) is 5.91 Å². The summed E-state index contributed by atoms with van der Waals surface area (Å²) >= 11 is 0. The molecule has 1 atom stereocenters. The molecule has 1 fully saturated rings. The van der Waals surface area contributed by atoms with Crippen molar-refractivity contribution >= 4 is 29.4 Å². The molecule has 3 heterocycles. The predicted molar refractivity (Wildman–Crippen MR) is 113 cm³/mol. The molecule has 4 amide bonds. The van der Waals surface area contributed by atoms with E-state index in [1.54, 1.807) is 9.80 Å². The highest BCUT2D eigenvalue weighted by Crippen LogP contribution is 2.31. The zero-order chi connectivity index (χ0) is 22.0. The van der Waals surface area contributed by atoms with Crippen molar-refractivity contribution in [1.82, 2.24) is 15.1 Å². The maximum atomic E-state index is 12.8. The van der Waals surface area contributed by atoms with Crippen molar-refractivity contribution in [2.45, 2.75) is 51.6 Å². The van der Waals surface area contributed by atoms with Crippen LogP contribution in [0.25, 0.3) is 5.57 Å². The van der Waals surface area contributed by atoms with Crippen molar-refractivity contribution in [2.24, 2.45) is 0 Å². The molecule has 8 nitrogen and oxygen atoms in total. The van der Waals surface area contributed by atoms with E-state index in [4.69, 9.17) is 4.74 Å². The SMILES string of the molecule is CCCCOC(=O)N1CC=C(c2ccc3c(c2)CN(C2CCC(=O)NC2=O)C3=O)CC1. The lowest BCUT2D eigenvalue weighted by atomic mass is 9.96. The molecule has 0 saturated carbocycles. The van der Waals surface area contributed by atoms with Gasteiger partial charge in [-0.3, -0.25) is 19.7 Å². The molecule has 0 aliphatic carbocycles. The summed E-state index contributed by atoms with van der Waals surface area (Å²) in [5.41, 5.74) is 3.64. The molecule has 8 heteroatoms. The number of rotatable bonds is 5. The fourth-order valence-electron chi connectivity index (χ4n) is 4.27. The molecule has 31 heavy (non-hydrogen) atoms. The van der Waals surface area contributed by atoms with Crippen LogP contribution in [0.3, 0.4) is 0 Å². The third kappa shape index (κ3) is 4.33. The summed E-state index contributed by atoms with van der Waals surface area (Å²) in [7, 11) is 0. The van der Waals surface area contributed by atoms with Crippen LogP contribution < -0.4 is 5.32 Å². The number of carbonyl (C=O) groups is 4. The Bertz CT molecular complexity index is 955. The molecular weight excluding hydrogens is 398 g/mol. The molecule has 4 rings (SSSR count). The van der Waals surface area contributed by atoms with Crippen molar-refractivity contribution in [3.63, 3.8) is 0 Å². The van der Waals surface area contributed by atoms with Crippen LogP contribution in [0.5, 0.6) is 0 Å². The number of amides is 4. The van der Waals surface area contributed by atoms with Gasteiger partial charge in [-0.05, 0) is 48.1 Å². The lowest BCUT2D eigenvalue weighted by Gasteiger charge is -2.29. The van der Waals surface area contributed by atoms with E-state index in [0.717, 1.165) is 29.5 Å². The number of fused-ring (bicyclic) bond motifs is 1. The first-order valence-corrected chi connectivity index (χ1v) is 10.9. The van der Waals surface area contributed by atoms with Gasteiger partial charge in [0.2, 0.25) is 11.8 Å². The van der Waals surface area contributed by atoms with Crippen LogP contribution >= 0.6 is 0 Å². The van der Waals surface area contributed by atoms with Gasteiger partial charge in [-0.1, -0.05) is 25.5 Å². The number of ether oxygens (including phenoxy) is 1. The fraction of sp³-hybridized carbons (Fsp3) is 0.478. The first-order valence-electron chi connectivity index (χ1n) is 10.9. The van der Waals surface area contributed by atoms with Crippen molar-refractivity contribution in [3.05, 3.63) is 41.0 Å². The molecule has 3 aliphatic rings. The van der Waals surface area contributed by atoms with Crippen LogP contribution in [0.4, 0.5) is 4.79 Å². The summed E-state index contributed by atoms with van der Waals surface area (Å²) in [5, 5.41) is 2.32. The molecule has 1 aromatic carbocycles. The molecule has 1 N–H and O–H groups in total. The van der Waals surface area contributed by atoms with Gasteiger partial charge in [0, 0.05) is 31.6 Å². The van der Waals surface area contributed by atoms with Gasteiger partial charge < -0.3 is 14.5 Å².